The summed E-state index contributed by atoms with van der Waals surface area (Å²) in [6, 6.07) is 54.2. The van der Waals surface area contributed by atoms with Crippen molar-refractivity contribution in [2.75, 3.05) is 4.90 Å². The summed E-state index contributed by atoms with van der Waals surface area (Å²) in [4.78, 5) is 2.37. The maximum Gasteiger partial charge on any atom is 0.0546 e. The Kier molecular flexibility index (Phi) is 5.88. The lowest BCUT2D eigenvalue weighted by Crippen LogP contribution is -2.10. The van der Waals surface area contributed by atoms with Crippen molar-refractivity contribution < 1.29 is 0 Å². The van der Waals surface area contributed by atoms with Gasteiger partial charge in [-0.05, 0) is 74.5 Å². The van der Waals surface area contributed by atoms with Gasteiger partial charge in [0.2, 0.25) is 0 Å². The van der Waals surface area contributed by atoms with Crippen LogP contribution in [0.2, 0.25) is 0 Å². The fourth-order valence-corrected chi connectivity index (χ4v) is 5.46. The lowest BCUT2D eigenvalue weighted by Gasteiger charge is -2.27. The van der Waals surface area contributed by atoms with E-state index in [0.29, 0.717) is 0 Å². The van der Waals surface area contributed by atoms with Crippen molar-refractivity contribution in [1.29, 1.82) is 0 Å². The fraction of sp³-hybridized carbons (Fsp3) is 0. The molecule has 1 heteroatoms. The predicted molar refractivity (Wildman–Crippen MR) is 169 cm³/mol. The Hall–Kier alpha value is -5.14. The Labute approximate surface area is 228 Å². The SMILES string of the molecule is C(=Cc1ccc2ccccc2c1)c1ccc(N(c2ccccc2)c2cc3ccccc3c3ccccc23)cc1. The van der Waals surface area contributed by atoms with Gasteiger partial charge in [0.1, 0.15) is 0 Å². The van der Waals surface area contributed by atoms with Crippen molar-refractivity contribution >= 4 is 61.5 Å². The Morgan fingerprint density at radius 1 is 0.359 bits per heavy atom. The Morgan fingerprint density at radius 3 is 1.72 bits per heavy atom. The summed E-state index contributed by atoms with van der Waals surface area (Å²) in [7, 11) is 0. The number of benzene rings is 7. The van der Waals surface area contributed by atoms with Gasteiger partial charge in [0.25, 0.3) is 0 Å². The van der Waals surface area contributed by atoms with Crippen molar-refractivity contribution in [2.24, 2.45) is 0 Å². The molecule has 0 fully saturated rings. The molecule has 7 aromatic rings. The molecule has 0 aliphatic rings. The lowest BCUT2D eigenvalue weighted by atomic mass is 9.99. The van der Waals surface area contributed by atoms with Gasteiger partial charge in [-0.25, -0.2) is 0 Å². The molecule has 0 saturated heterocycles. The van der Waals surface area contributed by atoms with Gasteiger partial charge in [-0.1, -0.05) is 127 Å². The van der Waals surface area contributed by atoms with E-state index in [9.17, 15) is 0 Å². The molecular formula is C38H27N. The average molecular weight is 498 g/mol. The smallest absolute Gasteiger partial charge is 0.0546 e. The van der Waals surface area contributed by atoms with Crippen LogP contribution in [0.1, 0.15) is 11.1 Å². The van der Waals surface area contributed by atoms with E-state index < -0.39 is 0 Å². The van der Waals surface area contributed by atoms with Crippen LogP contribution in [-0.4, -0.2) is 0 Å². The summed E-state index contributed by atoms with van der Waals surface area (Å²) in [6.07, 6.45) is 4.37. The first-order valence-corrected chi connectivity index (χ1v) is 13.4. The van der Waals surface area contributed by atoms with Crippen molar-refractivity contribution in [3.63, 3.8) is 0 Å². The number of rotatable bonds is 5. The highest BCUT2D eigenvalue weighted by Crippen LogP contribution is 2.41. The average Bonchev–Trinajstić information content (AvgIpc) is 3.01. The molecule has 0 aromatic heterocycles. The second-order valence-electron chi connectivity index (χ2n) is 9.86. The molecule has 39 heavy (non-hydrogen) atoms. The molecule has 0 amide bonds. The predicted octanol–water partition coefficient (Wildman–Crippen LogP) is 10.8. The third-order valence-corrected chi connectivity index (χ3v) is 7.39. The number of anilines is 3. The molecule has 0 aliphatic carbocycles. The first-order chi connectivity index (χ1) is 19.3. The van der Waals surface area contributed by atoms with Crippen LogP contribution in [0.15, 0.2) is 152 Å². The van der Waals surface area contributed by atoms with E-state index >= 15 is 0 Å². The molecule has 0 bridgehead atoms. The van der Waals surface area contributed by atoms with Crippen molar-refractivity contribution in [3.05, 3.63) is 163 Å². The fourth-order valence-electron chi connectivity index (χ4n) is 5.46. The summed E-state index contributed by atoms with van der Waals surface area (Å²) in [6.45, 7) is 0. The summed E-state index contributed by atoms with van der Waals surface area (Å²) >= 11 is 0. The molecule has 7 aromatic carbocycles. The van der Waals surface area contributed by atoms with Crippen molar-refractivity contribution in [2.45, 2.75) is 0 Å². The zero-order valence-electron chi connectivity index (χ0n) is 21.5. The highest BCUT2D eigenvalue weighted by molar-refractivity contribution is 6.14. The normalized spacial score (nSPS) is 11.5. The van der Waals surface area contributed by atoms with Crippen LogP contribution in [0.4, 0.5) is 17.1 Å². The molecule has 0 unspecified atom stereocenters. The molecule has 7 rings (SSSR count). The molecule has 0 saturated carbocycles. The van der Waals surface area contributed by atoms with E-state index in [1.807, 2.05) is 0 Å². The molecule has 0 atom stereocenters. The molecule has 184 valence electrons. The first-order valence-electron chi connectivity index (χ1n) is 13.4. The van der Waals surface area contributed by atoms with Gasteiger partial charge in [-0.2, -0.15) is 0 Å². The van der Waals surface area contributed by atoms with Gasteiger partial charge >= 0.3 is 0 Å². The van der Waals surface area contributed by atoms with E-state index in [4.69, 9.17) is 0 Å². The summed E-state index contributed by atoms with van der Waals surface area (Å²) < 4.78 is 0. The quantitative estimate of drug-likeness (QED) is 0.169. The topological polar surface area (TPSA) is 3.24 Å². The minimum atomic E-state index is 1.13. The van der Waals surface area contributed by atoms with Crippen LogP contribution in [0.5, 0.6) is 0 Å². The minimum Gasteiger partial charge on any atom is -0.310 e. The van der Waals surface area contributed by atoms with Crippen LogP contribution in [0.3, 0.4) is 0 Å². The van der Waals surface area contributed by atoms with Gasteiger partial charge in [0, 0.05) is 16.8 Å². The standard InChI is InChI=1S/C38H27N/c1-2-13-33(14-3-1)39(38-27-32-12-6-7-15-35(32)36-16-8-9-17-37(36)38)34-24-21-28(22-25-34)18-19-29-20-23-30-10-4-5-11-31(30)26-29/h1-27H. The number of nitrogens with zero attached hydrogens (tertiary/aromatic N) is 1. The second kappa shape index (κ2) is 9.96. The number of fused-ring (bicyclic) bond motifs is 4. The summed E-state index contributed by atoms with van der Waals surface area (Å²) in [5, 5.41) is 7.54. The number of para-hydroxylation sites is 1. The molecule has 0 spiro atoms. The van der Waals surface area contributed by atoms with Crippen LogP contribution in [0, 0.1) is 0 Å². The highest BCUT2D eigenvalue weighted by Gasteiger charge is 2.16. The van der Waals surface area contributed by atoms with E-state index in [1.54, 1.807) is 0 Å². The van der Waals surface area contributed by atoms with Crippen LogP contribution in [0.25, 0.3) is 44.5 Å². The lowest BCUT2D eigenvalue weighted by molar-refractivity contribution is 1.30. The summed E-state index contributed by atoms with van der Waals surface area (Å²) in [5.74, 6) is 0. The van der Waals surface area contributed by atoms with Crippen LogP contribution < -0.4 is 4.90 Å². The van der Waals surface area contributed by atoms with Gasteiger partial charge < -0.3 is 4.90 Å². The van der Waals surface area contributed by atoms with Gasteiger partial charge in [0.05, 0.1) is 5.69 Å². The van der Waals surface area contributed by atoms with Crippen molar-refractivity contribution in [1.82, 2.24) is 0 Å². The van der Waals surface area contributed by atoms with E-state index in [0.717, 1.165) is 11.4 Å². The van der Waals surface area contributed by atoms with Crippen LogP contribution >= 0.6 is 0 Å². The molecule has 0 radical (unpaired) electrons. The van der Waals surface area contributed by atoms with E-state index in [1.165, 1.54) is 49.1 Å². The molecule has 1 nitrogen and oxygen atoms in total. The molecule has 0 N–H and O–H groups in total. The van der Waals surface area contributed by atoms with E-state index in [-0.39, 0.29) is 0 Å². The minimum absolute atomic E-state index is 1.13. The zero-order valence-corrected chi connectivity index (χ0v) is 21.5. The van der Waals surface area contributed by atoms with Gasteiger partial charge in [-0.15, -0.1) is 0 Å². The maximum absolute atomic E-state index is 2.37. The second-order valence-corrected chi connectivity index (χ2v) is 9.86. The molecule has 0 aliphatic heterocycles. The van der Waals surface area contributed by atoms with Crippen molar-refractivity contribution in [3.8, 4) is 0 Å². The summed E-state index contributed by atoms with van der Waals surface area (Å²) in [5.41, 5.74) is 5.81. The Balaban J connectivity index is 1.30. The zero-order chi connectivity index (χ0) is 26.0. The third-order valence-electron chi connectivity index (χ3n) is 7.39. The molecular weight excluding hydrogens is 470 g/mol. The van der Waals surface area contributed by atoms with Crippen LogP contribution in [-0.2, 0) is 0 Å². The first kappa shape index (κ1) is 23.0. The largest absolute Gasteiger partial charge is 0.310 e. The monoisotopic (exact) mass is 497 g/mol. The molecule has 0 heterocycles. The number of hydrogen-bond donors (Lipinski definition) is 0. The van der Waals surface area contributed by atoms with E-state index in [2.05, 4.69) is 169 Å². The number of hydrogen-bond acceptors (Lipinski definition) is 1. The van der Waals surface area contributed by atoms with Gasteiger partial charge in [0.15, 0.2) is 0 Å². The highest BCUT2D eigenvalue weighted by atomic mass is 15.1. The Bertz CT molecular complexity index is 1950. The maximum atomic E-state index is 2.37. The Morgan fingerprint density at radius 2 is 0.923 bits per heavy atom. The third kappa shape index (κ3) is 4.45. The van der Waals surface area contributed by atoms with Gasteiger partial charge in [-0.3, -0.25) is 0 Å².